The molecular weight excluding hydrogens is 439 g/mol. The number of aromatic nitrogens is 2. The highest BCUT2D eigenvalue weighted by Crippen LogP contribution is 2.26. The molecule has 0 saturated heterocycles. The van der Waals surface area contributed by atoms with Crippen LogP contribution in [-0.2, 0) is 23.0 Å². The lowest BCUT2D eigenvalue weighted by molar-refractivity contribution is 0.0692. The van der Waals surface area contributed by atoms with Crippen molar-refractivity contribution < 1.29 is 27.5 Å². The van der Waals surface area contributed by atoms with Gasteiger partial charge in [-0.05, 0) is 30.3 Å². The number of amides is 1. The van der Waals surface area contributed by atoms with Gasteiger partial charge in [0.1, 0.15) is 5.82 Å². The van der Waals surface area contributed by atoms with Crippen LogP contribution in [0.25, 0.3) is 0 Å². The third-order valence-corrected chi connectivity index (χ3v) is 6.85. The van der Waals surface area contributed by atoms with Gasteiger partial charge in [0.05, 0.1) is 16.2 Å². The smallest absolute Gasteiger partial charge is 0.337 e. The van der Waals surface area contributed by atoms with Gasteiger partial charge >= 0.3 is 5.97 Å². The van der Waals surface area contributed by atoms with E-state index in [4.69, 9.17) is 0 Å². The number of sulfonamides is 1. The zero-order valence-corrected chi connectivity index (χ0v) is 17.3. The van der Waals surface area contributed by atoms with Gasteiger partial charge in [-0.3, -0.25) is 10.1 Å². The van der Waals surface area contributed by atoms with Crippen LogP contribution in [0.2, 0.25) is 0 Å². The summed E-state index contributed by atoms with van der Waals surface area (Å²) in [5, 5.41) is 11.8. The summed E-state index contributed by atoms with van der Waals surface area (Å²) in [7, 11) is -4.06. The number of carbonyl (C=O) groups is 2. The fourth-order valence-electron chi connectivity index (χ4n) is 3.37. The van der Waals surface area contributed by atoms with Gasteiger partial charge in [0.2, 0.25) is 16.0 Å². The van der Waals surface area contributed by atoms with E-state index in [1.54, 1.807) is 0 Å². The molecule has 0 fully saturated rings. The number of aromatic carboxylic acids is 1. The predicted molar refractivity (Wildman–Crippen MR) is 111 cm³/mol. The standard InChI is InChI=1S/C21H17FN4O5S/c22-15-5-3-4-13(10-15)19(27)25-21-23-11-14-12-26(9-8-17(14)24-21)32(30,31)18-7-2-1-6-16(18)20(28)29/h1-7,10-11H,8-9,12H2,(H,28,29)(H,23,24,25,27). The van der Waals surface area contributed by atoms with E-state index < -0.39 is 27.7 Å². The van der Waals surface area contributed by atoms with E-state index in [2.05, 4.69) is 15.3 Å². The summed E-state index contributed by atoms with van der Waals surface area (Å²) in [6, 6.07) is 10.6. The summed E-state index contributed by atoms with van der Waals surface area (Å²) in [4.78, 5) is 31.8. The van der Waals surface area contributed by atoms with E-state index in [1.807, 2.05) is 0 Å². The Bertz CT molecular complexity index is 1330. The van der Waals surface area contributed by atoms with Gasteiger partial charge in [-0.15, -0.1) is 0 Å². The van der Waals surface area contributed by atoms with Crippen LogP contribution in [0.15, 0.2) is 59.6 Å². The number of fused-ring (bicyclic) bond motifs is 1. The molecule has 1 aliphatic rings. The van der Waals surface area contributed by atoms with E-state index in [9.17, 15) is 27.5 Å². The van der Waals surface area contributed by atoms with Gasteiger partial charge in [0.15, 0.2) is 0 Å². The van der Waals surface area contributed by atoms with E-state index in [-0.39, 0.29) is 41.5 Å². The van der Waals surface area contributed by atoms with Crippen molar-refractivity contribution in [3.63, 3.8) is 0 Å². The molecule has 2 aromatic carbocycles. The maximum atomic E-state index is 13.3. The molecule has 0 radical (unpaired) electrons. The van der Waals surface area contributed by atoms with Crippen molar-refractivity contribution in [3.05, 3.63) is 82.9 Å². The Labute approximate surface area is 182 Å². The van der Waals surface area contributed by atoms with Gasteiger partial charge in [-0.2, -0.15) is 4.31 Å². The molecule has 0 unspecified atom stereocenters. The van der Waals surface area contributed by atoms with Crippen LogP contribution >= 0.6 is 0 Å². The summed E-state index contributed by atoms with van der Waals surface area (Å²) in [5.74, 6) is -2.43. The van der Waals surface area contributed by atoms with E-state index >= 15 is 0 Å². The van der Waals surface area contributed by atoms with Crippen LogP contribution in [0.1, 0.15) is 32.0 Å². The molecule has 2 N–H and O–H groups in total. The summed E-state index contributed by atoms with van der Waals surface area (Å²) in [6.45, 7) is 0.0430. The fraction of sp³-hybridized carbons (Fsp3) is 0.143. The maximum absolute atomic E-state index is 13.3. The minimum atomic E-state index is -4.06. The molecule has 2 heterocycles. The van der Waals surface area contributed by atoms with Crippen molar-refractivity contribution in [2.24, 2.45) is 0 Å². The van der Waals surface area contributed by atoms with Crippen molar-refractivity contribution in [1.29, 1.82) is 0 Å². The number of carbonyl (C=O) groups excluding carboxylic acids is 1. The summed E-state index contributed by atoms with van der Waals surface area (Å²) >= 11 is 0. The quantitative estimate of drug-likeness (QED) is 0.603. The molecule has 1 aliphatic heterocycles. The second kappa shape index (κ2) is 8.44. The lowest BCUT2D eigenvalue weighted by atomic mass is 10.1. The number of hydrogen-bond acceptors (Lipinski definition) is 6. The normalized spacial score (nSPS) is 13.9. The molecule has 1 amide bonds. The van der Waals surface area contributed by atoms with Gasteiger partial charge in [0.25, 0.3) is 5.91 Å². The number of nitrogens with zero attached hydrogens (tertiary/aromatic N) is 3. The van der Waals surface area contributed by atoms with Gasteiger partial charge in [-0.1, -0.05) is 18.2 Å². The Hall–Kier alpha value is -3.70. The Morgan fingerprint density at radius 2 is 1.91 bits per heavy atom. The number of halogens is 1. The van der Waals surface area contributed by atoms with Gasteiger partial charge in [-0.25, -0.2) is 27.6 Å². The molecule has 4 rings (SSSR count). The first kappa shape index (κ1) is 21.5. The van der Waals surface area contributed by atoms with Crippen molar-refractivity contribution in [2.75, 3.05) is 11.9 Å². The Kier molecular flexibility index (Phi) is 5.68. The number of benzene rings is 2. The first-order valence-electron chi connectivity index (χ1n) is 9.50. The van der Waals surface area contributed by atoms with E-state index in [0.29, 0.717) is 11.3 Å². The third kappa shape index (κ3) is 4.20. The Morgan fingerprint density at radius 3 is 2.66 bits per heavy atom. The first-order valence-corrected chi connectivity index (χ1v) is 10.9. The topological polar surface area (TPSA) is 130 Å². The highest BCUT2D eigenvalue weighted by Gasteiger charge is 2.32. The second-order valence-electron chi connectivity index (χ2n) is 7.02. The van der Waals surface area contributed by atoms with Crippen LogP contribution < -0.4 is 5.32 Å². The fourth-order valence-corrected chi connectivity index (χ4v) is 4.97. The van der Waals surface area contributed by atoms with Crippen molar-refractivity contribution in [1.82, 2.24) is 14.3 Å². The number of anilines is 1. The zero-order valence-electron chi connectivity index (χ0n) is 16.5. The van der Waals surface area contributed by atoms with Crippen LogP contribution in [-0.4, -0.2) is 46.2 Å². The van der Waals surface area contributed by atoms with E-state index in [1.165, 1.54) is 53.0 Å². The molecule has 3 aromatic rings. The number of hydrogen-bond donors (Lipinski definition) is 2. The number of carboxylic acids is 1. The lowest BCUT2D eigenvalue weighted by Gasteiger charge is -2.27. The summed E-state index contributed by atoms with van der Waals surface area (Å²) in [5.41, 5.74) is 0.912. The average molecular weight is 456 g/mol. The average Bonchev–Trinajstić information content (AvgIpc) is 2.78. The molecule has 164 valence electrons. The molecule has 32 heavy (non-hydrogen) atoms. The molecule has 9 nitrogen and oxygen atoms in total. The van der Waals surface area contributed by atoms with Crippen LogP contribution in [0.5, 0.6) is 0 Å². The third-order valence-electron chi connectivity index (χ3n) is 4.95. The second-order valence-corrected chi connectivity index (χ2v) is 8.93. The monoisotopic (exact) mass is 456 g/mol. The largest absolute Gasteiger partial charge is 0.478 e. The molecule has 0 bridgehead atoms. The number of nitrogens with one attached hydrogen (secondary N) is 1. The van der Waals surface area contributed by atoms with Crippen LogP contribution in [0.3, 0.4) is 0 Å². The number of carboxylic acid groups (broad SMARTS) is 1. The maximum Gasteiger partial charge on any atom is 0.337 e. The van der Waals surface area contributed by atoms with Gasteiger partial charge < -0.3 is 5.11 Å². The van der Waals surface area contributed by atoms with Crippen molar-refractivity contribution >= 4 is 27.8 Å². The molecule has 0 spiro atoms. The SMILES string of the molecule is O=C(Nc1ncc2c(n1)CCN(S(=O)(=O)c1ccccc1C(=O)O)C2)c1cccc(F)c1. The van der Waals surface area contributed by atoms with Crippen molar-refractivity contribution in [3.8, 4) is 0 Å². The minimum Gasteiger partial charge on any atom is -0.478 e. The van der Waals surface area contributed by atoms with Crippen molar-refractivity contribution in [2.45, 2.75) is 17.9 Å². The summed E-state index contributed by atoms with van der Waals surface area (Å²) in [6.07, 6.45) is 1.66. The minimum absolute atomic E-state index is 0.0190. The van der Waals surface area contributed by atoms with Gasteiger partial charge in [0, 0.05) is 36.8 Å². The zero-order chi connectivity index (χ0) is 22.9. The molecule has 0 aliphatic carbocycles. The molecule has 11 heteroatoms. The highest BCUT2D eigenvalue weighted by molar-refractivity contribution is 7.89. The Morgan fingerprint density at radius 1 is 1.12 bits per heavy atom. The van der Waals surface area contributed by atoms with E-state index in [0.717, 1.165) is 6.07 Å². The Balaban J connectivity index is 1.54. The lowest BCUT2D eigenvalue weighted by Crippen LogP contribution is -2.37. The van der Waals surface area contributed by atoms with Crippen LogP contribution in [0.4, 0.5) is 10.3 Å². The predicted octanol–water partition coefficient (Wildman–Crippen LogP) is 2.31. The first-order chi connectivity index (χ1) is 15.3. The molecular formula is C21H17FN4O5S. The molecule has 0 saturated carbocycles. The summed E-state index contributed by atoms with van der Waals surface area (Å²) < 4.78 is 40.6. The van der Waals surface area contributed by atoms with Crippen LogP contribution in [0, 0.1) is 5.82 Å². The number of rotatable bonds is 5. The molecule has 1 aromatic heterocycles. The highest BCUT2D eigenvalue weighted by atomic mass is 32.2. The molecule has 0 atom stereocenters.